The van der Waals surface area contributed by atoms with Crippen molar-refractivity contribution in [1.29, 1.82) is 0 Å². The molecule has 0 aliphatic carbocycles. The Kier molecular flexibility index (Phi) is 8.46. The van der Waals surface area contributed by atoms with Crippen LogP contribution in [0.25, 0.3) is 0 Å². The van der Waals surface area contributed by atoms with Gasteiger partial charge < -0.3 is 9.64 Å². The summed E-state index contributed by atoms with van der Waals surface area (Å²) in [6.45, 7) is 14.0. The third kappa shape index (κ3) is 5.12. The molecule has 0 aliphatic rings. The lowest BCUT2D eigenvalue weighted by Gasteiger charge is -2.21. The highest BCUT2D eigenvalue weighted by Crippen LogP contribution is 2.29. The van der Waals surface area contributed by atoms with Crippen LogP contribution in [-0.4, -0.2) is 30.5 Å². The molecule has 3 nitrogen and oxygen atoms in total. The summed E-state index contributed by atoms with van der Waals surface area (Å²) in [7, 11) is 0. The monoisotopic (exact) mass is 317 g/mol. The summed E-state index contributed by atoms with van der Waals surface area (Å²) >= 11 is 0. The Labute approximate surface area is 141 Å². The van der Waals surface area contributed by atoms with E-state index in [1.165, 1.54) is 0 Å². The first kappa shape index (κ1) is 19.3. The van der Waals surface area contributed by atoms with E-state index in [0.717, 1.165) is 61.2 Å². The molecule has 0 radical (unpaired) electrons. The van der Waals surface area contributed by atoms with E-state index < -0.39 is 0 Å². The first-order chi connectivity index (χ1) is 11.1. The zero-order valence-corrected chi connectivity index (χ0v) is 15.2. The third-order valence-corrected chi connectivity index (χ3v) is 3.92. The molecule has 128 valence electrons. The molecule has 3 heteroatoms. The van der Waals surface area contributed by atoms with Gasteiger partial charge in [0.05, 0.1) is 0 Å². The first-order valence-electron chi connectivity index (χ1n) is 8.81. The summed E-state index contributed by atoms with van der Waals surface area (Å²) < 4.78 is 5.93. The van der Waals surface area contributed by atoms with Gasteiger partial charge in [-0.1, -0.05) is 39.3 Å². The van der Waals surface area contributed by atoms with E-state index in [9.17, 15) is 4.79 Å². The number of hydrogen-bond acceptors (Lipinski definition) is 2. The Morgan fingerprint density at radius 1 is 1.09 bits per heavy atom. The fraction of sp³-hybridized carbons (Fsp3) is 0.550. The molecule has 0 fully saturated rings. The second-order valence-corrected chi connectivity index (χ2v) is 5.70. The molecule has 0 atom stereocenters. The van der Waals surface area contributed by atoms with Crippen LogP contribution in [0, 0.1) is 0 Å². The largest absolute Gasteiger partial charge is 0.489 e. The smallest absolute Gasteiger partial charge is 0.253 e. The van der Waals surface area contributed by atoms with Crippen LogP contribution in [0.4, 0.5) is 0 Å². The number of benzene rings is 1. The second kappa shape index (κ2) is 10.1. The second-order valence-electron chi connectivity index (χ2n) is 5.70. The molecular weight excluding hydrogens is 286 g/mol. The van der Waals surface area contributed by atoms with Crippen LogP contribution in [0.2, 0.25) is 0 Å². The molecule has 0 aromatic heterocycles. The van der Waals surface area contributed by atoms with E-state index in [-0.39, 0.29) is 5.91 Å². The maximum absolute atomic E-state index is 12.7. The molecule has 1 rings (SSSR count). The molecule has 0 saturated heterocycles. The van der Waals surface area contributed by atoms with Gasteiger partial charge in [-0.15, -0.1) is 0 Å². The highest BCUT2D eigenvalue weighted by atomic mass is 16.5. The molecular formula is C20H31NO2. The first-order valence-corrected chi connectivity index (χ1v) is 8.81. The van der Waals surface area contributed by atoms with Crippen molar-refractivity contribution in [3.63, 3.8) is 0 Å². The summed E-state index contributed by atoms with van der Waals surface area (Å²) in [5.41, 5.74) is 3.05. The Morgan fingerprint density at radius 2 is 1.61 bits per heavy atom. The molecule has 1 aromatic rings. The minimum atomic E-state index is 0.111. The van der Waals surface area contributed by atoms with E-state index in [1.807, 2.05) is 30.9 Å². The van der Waals surface area contributed by atoms with Gasteiger partial charge >= 0.3 is 0 Å². The van der Waals surface area contributed by atoms with Crippen LogP contribution in [-0.2, 0) is 12.8 Å². The fourth-order valence-electron chi connectivity index (χ4n) is 2.81. The van der Waals surface area contributed by atoms with Gasteiger partial charge in [-0.05, 0) is 49.9 Å². The van der Waals surface area contributed by atoms with E-state index in [2.05, 4.69) is 20.4 Å². The van der Waals surface area contributed by atoms with Gasteiger partial charge in [-0.2, -0.15) is 0 Å². The van der Waals surface area contributed by atoms with Gasteiger partial charge in [0.1, 0.15) is 12.4 Å². The Hall–Kier alpha value is -1.77. The van der Waals surface area contributed by atoms with Gasteiger partial charge in [0, 0.05) is 18.7 Å². The van der Waals surface area contributed by atoms with Crippen molar-refractivity contribution >= 4 is 5.91 Å². The Morgan fingerprint density at radius 3 is 2.00 bits per heavy atom. The zero-order valence-electron chi connectivity index (χ0n) is 15.2. The van der Waals surface area contributed by atoms with Crippen molar-refractivity contribution in [2.24, 2.45) is 0 Å². The normalized spacial score (nSPS) is 10.4. The maximum Gasteiger partial charge on any atom is 0.253 e. The summed E-state index contributed by atoms with van der Waals surface area (Å²) in [6, 6.07) is 4.03. The molecule has 0 aliphatic heterocycles. The topological polar surface area (TPSA) is 29.5 Å². The van der Waals surface area contributed by atoms with Gasteiger partial charge in [-0.25, -0.2) is 0 Å². The SMILES string of the molecule is C=CCOc1c(CCC)cc(C(=O)N(CC)CC)cc1CCC. The van der Waals surface area contributed by atoms with E-state index in [4.69, 9.17) is 4.74 Å². The van der Waals surface area contributed by atoms with Gasteiger partial charge in [0.25, 0.3) is 5.91 Å². The number of rotatable bonds is 10. The van der Waals surface area contributed by atoms with Gasteiger partial charge in [0.2, 0.25) is 0 Å². The van der Waals surface area contributed by atoms with Crippen molar-refractivity contribution in [3.8, 4) is 5.75 Å². The molecule has 0 saturated carbocycles. The lowest BCUT2D eigenvalue weighted by Crippen LogP contribution is -2.30. The van der Waals surface area contributed by atoms with Crippen molar-refractivity contribution in [1.82, 2.24) is 4.90 Å². The molecule has 0 bridgehead atoms. The van der Waals surface area contributed by atoms with Crippen LogP contribution in [0.5, 0.6) is 5.75 Å². The molecule has 0 spiro atoms. The number of aryl methyl sites for hydroxylation is 2. The fourth-order valence-corrected chi connectivity index (χ4v) is 2.81. The Balaban J connectivity index is 3.32. The van der Waals surface area contributed by atoms with Crippen molar-refractivity contribution in [2.75, 3.05) is 19.7 Å². The van der Waals surface area contributed by atoms with E-state index in [1.54, 1.807) is 6.08 Å². The number of carbonyl (C=O) groups excluding carboxylic acids is 1. The lowest BCUT2D eigenvalue weighted by atomic mass is 9.97. The van der Waals surface area contributed by atoms with Crippen molar-refractivity contribution < 1.29 is 9.53 Å². The summed E-state index contributed by atoms with van der Waals surface area (Å²) in [6.07, 6.45) is 5.66. The van der Waals surface area contributed by atoms with Gasteiger partial charge in [-0.3, -0.25) is 4.79 Å². The van der Waals surface area contributed by atoms with E-state index >= 15 is 0 Å². The third-order valence-electron chi connectivity index (χ3n) is 3.92. The van der Waals surface area contributed by atoms with Crippen LogP contribution in [0.1, 0.15) is 62.0 Å². The number of amides is 1. The van der Waals surface area contributed by atoms with Crippen LogP contribution >= 0.6 is 0 Å². The maximum atomic E-state index is 12.7. The molecule has 0 unspecified atom stereocenters. The average Bonchev–Trinajstić information content (AvgIpc) is 2.55. The molecule has 0 N–H and O–H groups in total. The van der Waals surface area contributed by atoms with Crippen LogP contribution in [0.3, 0.4) is 0 Å². The van der Waals surface area contributed by atoms with E-state index in [0.29, 0.717) is 6.61 Å². The Bertz CT molecular complexity index is 491. The predicted octanol–water partition coefficient (Wildman–Crippen LogP) is 4.64. The summed E-state index contributed by atoms with van der Waals surface area (Å²) in [4.78, 5) is 14.6. The summed E-state index contributed by atoms with van der Waals surface area (Å²) in [5.74, 6) is 1.06. The predicted molar refractivity (Wildman–Crippen MR) is 97.4 cm³/mol. The number of carbonyl (C=O) groups is 1. The minimum Gasteiger partial charge on any atom is -0.489 e. The minimum absolute atomic E-state index is 0.111. The zero-order chi connectivity index (χ0) is 17.2. The van der Waals surface area contributed by atoms with Crippen LogP contribution in [0.15, 0.2) is 24.8 Å². The molecule has 0 heterocycles. The lowest BCUT2D eigenvalue weighted by molar-refractivity contribution is 0.0772. The highest BCUT2D eigenvalue weighted by Gasteiger charge is 2.18. The highest BCUT2D eigenvalue weighted by molar-refractivity contribution is 5.95. The summed E-state index contributed by atoms with van der Waals surface area (Å²) in [5, 5.41) is 0. The number of nitrogens with zero attached hydrogens (tertiary/aromatic N) is 1. The quantitative estimate of drug-likeness (QED) is 0.588. The molecule has 1 aromatic carbocycles. The standard InChI is InChI=1S/C20H31NO2/c1-6-11-16-14-18(20(22)21(9-4)10-5)15-17(12-7-2)19(16)23-13-8-3/h8,14-15H,3,6-7,9-13H2,1-2,4-5H3. The number of hydrogen-bond donors (Lipinski definition) is 0. The van der Waals surface area contributed by atoms with Crippen LogP contribution < -0.4 is 4.74 Å². The van der Waals surface area contributed by atoms with Gasteiger partial charge in [0.15, 0.2) is 0 Å². The molecule has 1 amide bonds. The molecule has 23 heavy (non-hydrogen) atoms. The number of ether oxygens (including phenoxy) is 1. The van der Waals surface area contributed by atoms with Crippen molar-refractivity contribution in [3.05, 3.63) is 41.5 Å². The average molecular weight is 317 g/mol. The van der Waals surface area contributed by atoms with Crippen molar-refractivity contribution in [2.45, 2.75) is 53.4 Å².